The van der Waals surface area contributed by atoms with Gasteiger partial charge in [-0.2, -0.15) is 0 Å². The Kier molecular flexibility index (Phi) is 7.29. The number of fused-ring (bicyclic) bond motifs is 1. The molecule has 0 spiro atoms. The molecule has 8 nitrogen and oxygen atoms in total. The molecule has 2 atom stereocenters. The normalized spacial score (nSPS) is 18.2. The van der Waals surface area contributed by atoms with Crippen LogP contribution in [0.5, 0.6) is 11.5 Å². The lowest BCUT2D eigenvalue weighted by atomic mass is 10.0. The van der Waals surface area contributed by atoms with Gasteiger partial charge in [-0.15, -0.1) is 11.3 Å². The van der Waals surface area contributed by atoms with E-state index in [2.05, 4.69) is 38.8 Å². The van der Waals surface area contributed by atoms with Crippen LogP contribution in [0.2, 0.25) is 0 Å². The second-order valence-corrected chi connectivity index (χ2v) is 9.04. The van der Waals surface area contributed by atoms with Crippen LogP contribution in [0, 0.1) is 0 Å². The Morgan fingerprint density at radius 1 is 1.09 bits per heavy atom. The molecule has 4 rings (SSSR count). The van der Waals surface area contributed by atoms with Gasteiger partial charge in [-0.3, -0.25) is 14.5 Å². The first kappa shape index (κ1) is 22.6. The van der Waals surface area contributed by atoms with Crippen LogP contribution >= 0.6 is 11.3 Å². The average molecular weight is 459 g/mol. The number of likely N-dealkylation sites (N-methyl/N-ethyl adjacent to an activating group) is 1. The molecule has 0 aliphatic carbocycles. The van der Waals surface area contributed by atoms with Crippen molar-refractivity contribution in [3.63, 3.8) is 0 Å². The van der Waals surface area contributed by atoms with Gasteiger partial charge in [-0.1, -0.05) is 19.1 Å². The molecular weight excluding hydrogens is 428 g/mol. The molecule has 172 valence electrons. The number of rotatable bonds is 7. The predicted octanol–water partition coefficient (Wildman–Crippen LogP) is 1.98. The number of thiophene rings is 1. The van der Waals surface area contributed by atoms with Gasteiger partial charge in [0, 0.05) is 43.6 Å². The summed E-state index contributed by atoms with van der Waals surface area (Å²) >= 11 is 1.68. The summed E-state index contributed by atoms with van der Waals surface area (Å²) < 4.78 is 10.7. The van der Waals surface area contributed by atoms with E-state index in [1.165, 1.54) is 4.88 Å². The standard InChI is InChI=1S/C23H30N4O4S/c1-3-26-8-10-27(11-9-26)21(20-5-4-12-32-20)16(2)25-23(29)22(28)24-14-17-6-7-18-19(13-17)31-15-30-18/h4-7,12-13,16,21H,3,8-11,14-15H2,1-2H3,(H,24,28)(H,25,29)/t16-,21-/m1/s1. The molecule has 2 amide bonds. The third kappa shape index (κ3) is 5.23. The minimum absolute atomic E-state index is 0.0413. The third-order valence-corrected chi connectivity index (χ3v) is 6.95. The van der Waals surface area contributed by atoms with Crippen molar-refractivity contribution in [1.82, 2.24) is 20.4 Å². The van der Waals surface area contributed by atoms with Crippen LogP contribution in [0.1, 0.15) is 30.3 Å². The summed E-state index contributed by atoms with van der Waals surface area (Å²) in [6, 6.07) is 9.43. The van der Waals surface area contributed by atoms with E-state index in [4.69, 9.17) is 9.47 Å². The van der Waals surface area contributed by atoms with Gasteiger partial charge in [0.2, 0.25) is 6.79 Å². The molecule has 32 heavy (non-hydrogen) atoms. The first-order valence-electron chi connectivity index (χ1n) is 11.0. The lowest BCUT2D eigenvalue weighted by Crippen LogP contribution is -2.53. The van der Waals surface area contributed by atoms with Crippen LogP contribution in [-0.4, -0.2) is 67.2 Å². The molecule has 9 heteroatoms. The van der Waals surface area contributed by atoms with Crippen molar-refractivity contribution in [2.45, 2.75) is 32.5 Å². The number of piperazine rings is 1. The highest BCUT2D eigenvalue weighted by Crippen LogP contribution is 2.32. The fourth-order valence-electron chi connectivity index (χ4n) is 4.22. The highest BCUT2D eigenvalue weighted by molar-refractivity contribution is 7.10. The number of ether oxygens (including phenoxy) is 2. The zero-order chi connectivity index (χ0) is 22.5. The van der Waals surface area contributed by atoms with Gasteiger partial charge in [0.15, 0.2) is 11.5 Å². The molecule has 1 aromatic carbocycles. The SMILES string of the molecule is CCN1CCN([C@@H](c2cccs2)[C@@H](C)NC(=O)C(=O)NCc2ccc3c(c2)OCO3)CC1. The second kappa shape index (κ2) is 10.3. The van der Waals surface area contributed by atoms with Crippen LogP contribution < -0.4 is 20.1 Å². The zero-order valence-corrected chi connectivity index (χ0v) is 19.3. The molecule has 1 aromatic heterocycles. The fraction of sp³-hybridized carbons (Fsp3) is 0.478. The lowest BCUT2D eigenvalue weighted by Gasteiger charge is -2.41. The number of hydrogen-bond acceptors (Lipinski definition) is 7. The van der Waals surface area contributed by atoms with Gasteiger partial charge >= 0.3 is 11.8 Å². The Balaban J connectivity index is 1.34. The number of hydrogen-bond donors (Lipinski definition) is 2. The Morgan fingerprint density at radius 2 is 1.88 bits per heavy atom. The largest absolute Gasteiger partial charge is 0.454 e. The summed E-state index contributed by atoms with van der Waals surface area (Å²) in [5, 5.41) is 7.67. The van der Waals surface area contributed by atoms with Gasteiger partial charge in [0.25, 0.3) is 0 Å². The third-order valence-electron chi connectivity index (χ3n) is 6.01. The van der Waals surface area contributed by atoms with E-state index < -0.39 is 11.8 Å². The van der Waals surface area contributed by atoms with E-state index >= 15 is 0 Å². The van der Waals surface area contributed by atoms with Gasteiger partial charge < -0.3 is 25.0 Å². The van der Waals surface area contributed by atoms with Gasteiger partial charge in [0.05, 0.1) is 6.04 Å². The minimum atomic E-state index is -0.643. The number of nitrogens with zero attached hydrogens (tertiary/aromatic N) is 2. The van der Waals surface area contributed by atoms with E-state index in [1.807, 2.05) is 25.1 Å². The fourth-order valence-corrected chi connectivity index (χ4v) is 5.19. The van der Waals surface area contributed by atoms with Crippen molar-refractivity contribution >= 4 is 23.2 Å². The zero-order valence-electron chi connectivity index (χ0n) is 18.5. The maximum Gasteiger partial charge on any atom is 0.309 e. The van der Waals surface area contributed by atoms with E-state index in [0.717, 1.165) is 38.3 Å². The molecule has 1 saturated heterocycles. The van der Waals surface area contributed by atoms with Crippen molar-refractivity contribution in [3.05, 3.63) is 46.2 Å². The monoisotopic (exact) mass is 458 g/mol. The van der Waals surface area contributed by atoms with Crippen molar-refractivity contribution in [2.24, 2.45) is 0 Å². The van der Waals surface area contributed by atoms with Crippen LogP contribution in [0.4, 0.5) is 0 Å². The molecule has 2 aliphatic heterocycles. The molecule has 0 radical (unpaired) electrons. The van der Waals surface area contributed by atoms with Crippen molar-refractivity contribution in [1.29, 1.82) is 0 Å². The van der Waals surface area contributed by atoms with Crippen LogP contribution in [-0.2, 0) is 16.1 Å². The average Bonchev–Trinajstić information content (AvgIpc) is 3.50. The second-order valence-electron chi connectivity index (χ2n) is 8.06. The molecule has 2 N–H and O–H groups in total. The number of benzene rings is 1. The Labute approximate surface area is 192 Å². The highest BCUT2D eigenvalue weighted by Gasteiger charge is 2.31. The van der Waals surface area contributed by atoms with Crippen LogP contribution in [0.3, 0.4) is 0 Å². The van der Waals surface area contributed by atoms with Crippen molar-refractivity contribution in [2.75, 3.05) is 39.5 Å². The number of carbonyl (C=O) groups excluding carboxylic acids is 2. The summed E-state index contributed by atoms with van der Waals surface area (Å²) in [4.78, 5) is 31.1. The maximum absolute atomic E-state index is 12.6. The summed E-state index contributed by atoms with van der Waals surface area (Å²) in [5.74, 6) is 0.0741. The molecule has 2 aromatic rings. The van der Waals surface area contributed by atoms with E-state index in [0.29, 0.717) is 11.5 Å². The molecule has 3 heterocycles. The summed E-state index contributed by atoms with van der Waals surface area (Å²) in [6.07, 6.45) is 0. The molecule has 0 unspecified atom stereocenters. The lowest BCUT2D eigenvalue weighted by molar-refractivity contribution is -0.140. The van der Waals surface area contributed by atoms with Crippen LogP contribution in [0.25, 0.3) is 0 Å². The Bertz CT molecular complexity index is 928. The summed E-state index contributed by atoms with van der Waals surface area (Å²) in [5.41, 5.74) is 0.841. The number of amides is 2. The predicted molar refractivity (Wildman–Crippen MR) is 123 cm³/mol. The first-order valence-corrected chi connectivity index (χ1v) is 11.9. The van der Waals surface area contributed by atoms with E-state index in [-0.39, 0.29) is 25.4 Å². The van der Waals surface area contributed by atoms with Gasteiger partial charge in [-0.05, 0) is 42.6 Å². The van der Waals surface area contributed by atoms with Gasteiger partial charge in [-0.25, -0.2) is 0 Å². The first-order chi connectivity index (χ1) is 15.5. The van der Waals surface area contributed by atoms with Crippen molar-refractivity contribution < 1.29 is 19.1 Å². The van der Waals surface area contributed by atoms with Crippen molar-refractivity contribution in [3.8, 4) is 11.5 Å². The highest BCUT2D eigenvalue weighted by atomic mass is 32.1. The quantitative estimate of drug-likeness (QED) is 0.618. The molecule has 1 fully saturated rings. The summed E-state index contributed by atoms with van der Waals surface area (Å²) in [7, 11) is 0. The maximum atomic E-state index is 12.6. The smallest absolute Gasteiger partial charge is 0.309 e. The number of carbonyl (C=O) groups is 2. The topological polar surface area (TPSA) is 83.1 Å². The molecule has 2 aliphatic rings. The van der Waals surface area contributed by atoms with Crippen LogP contribution in [0.15, 0.2) is 35.7 Å². The Morgan fingerprint density at radius 3 is 2.59 bits per heavy atom. The molecule has 0 saturated carbocycles. The summed E-state index contributed by atoms with van der Waals surface area (Å²) in [6.45, 7) is 9.53. The molecule has 0 bridgehead atoms. The van der Waals surface area contributed by atoms with E-state index in [1.54, 1.807) is 17.4 Å². The van der Waals surface area contributed by atoms with E-state index in [9.17, 15) is 9.59 Å². The van der Waals surface area contributed by atoms with Gasteiger partial charge in [0.1, 0.15) is 0 Å². The number of nitrogens with one attached hydrogen (secondary N) is 2. The molecular formula is C23H30N4O4S. The Hall–Kier alpha value is -2.62. The minimum Gasteiger partial charge on any atom is -0.454 e.